The molecule has 3 aromatic heterocycles. The molecule has 0 spiro atoms. The number of Topliss-reactive ketones (excluding diaryl/α,β-unsaturated/α-hetero) is 1. The zero-order chi connectivity index (χ0) is 30.7. The fraction of sp³-hybridized carbons (Fsp3) is 0.457. The van der Waals surface area contributed by atoms with Crippen LogP contribution in [0.3, 0.4) is 0 Å². The molecular formula is C35H38N6O4. The average Bonchev–Trinajstić information content (AvgIpc) is 3.73. The van der Waals surface area contributed by atoms with Crippen LogP contribution < -0.4 is 9.64 Å². The van der Waals surface area contributed by atoms with Crippen molar-refractivity contribution in [2.45, 2.75) is 77.0 Å². The minimum atomic E-state index is -0.411. The van der Waals surface area contributed by atoms with Crippen LogP contribution in [0.1, 0.15) is 64.2 Å². The molecule has 10 heteroatoms. The molecular weight excluding hydrogens is 568 g/mol. The average molecular weight is 607 g/mol. The number of aryl methyl sites for hydroxylation is 1. The van der Waals surface area contributed by atoms with Crippen LogP contribution in [0.15, 0.2) is 52.9 Å². The summed E-state index contributed by atoms with van der Waals surface area (Å²) >= 11 is 0. The highest BCUT2D eigenvalue weighted by atomic mass is 16.5. The minimum absolute atomic E-state index is 0.0619. The van der Waals surface area contributed by atoms with Crippen LogP contribution >= 0.6 is 0 Å². The number of para-hydroxylation sites is 3. The van der Waals surface area contributed by atoms with Gasteiger partial charge < -0.3 is 19.0 Å². The van der Waals surface area contributed by atoms with E-state index >= 15 is 0 Å². The Morgan fingerprint density at radius 1 is 0.956 bits per heavy atom. The van der Waals surface area contributed by atoms with E-state index in [1.807, 2.05) is 47.4 Å². The summed E-state index contributed by atoms with van der Waals surface area (Å²) in [7, 11) is 0. The fourth-order valence-corrected chi connectivity index (χ4v) is 7.64. The van der Waals surface area contributed by atoms with Crippen LogP contribution in [-0.4, -0.2) is 67.9 Å². The number of imidazole rings is 1. The van der Waals surface area contributed by atoms with Gasteiger partial charge in [0.1, 0.15) is 23.0 Å². The summed E-state index contributed by atoms with van der Waals surface area (Å²) in [6.45, 7) is 5.77. The minimum Gasteiger partial charge on any atom is -0.459 e. The molecule has 4 aliphatic rings. The largest absolute Gasteiger partial charge is 0.459 e. The first-order chi connectivity index (χ1) is 21.9. The van der Waals surface area contributed by atoms with Crippen molar-refractivity contribution in [2.75, 3.05) is 24.5 Å². The van der Waals surface area contributed by atoms with E-state index < -0.39 is 6.04 Å². The number of amides is 1. The molecule has 2 aromatic carbocycles. The Bertz CT molecular complexity index is 1930. The molecule has 10 nitrogen and oxygen atoms in total. The summed E-state index contributed by atoms with van der Waals surface area (Å²) in [5.74, 6) is 1.88. The molecule has 2 fully saturated rings. The van der Waals surface area contributed by atoms with E-state index in [0.29, 0.717) is 49.8 Å². The lowest BCUT2D eigenvalue weighted by Crippen LogP contribution is -2.43. The zero-order valence-corrected chi connectivity index (χ0v) is 25.8. The number of hydrogen-bond acceptors (Lipinski definition) is 8. The summed E-state index contributed by atoms with van der Waals surface area (Å²) in [6, 6.07) is 16.3. The fourth-order valence-electron chi connectivity index (χ4n) is 7.64. The summed E-state index contributed by atoms with van der Waals surface area (Å²) in [4.78, 5) is 45.5. The number of piperidine rings is 1. The molecule has 4 aliphatic heterocycles. The van der Waals surface area contributed by atoms with E-state index in [0.717, 1.165) is 65.6 Å². The first-order valence-electron chi connectivity index (χ1n) is 16.3. The highest BCUT2D eigenvalue weighted by Gasteiger charge is 2.40. The van der Waals surface area contributed by atoms with Gasteiger partial charge in [0.15, 0.2) is 17.2 Å². The van der Waals surface area contributed by atoms with Crippen LogP contribution in [0.25, 0.3) is 33.1 Å². The van der Waals surface area contributed by atoms with Crippen LogP contribution in [0.5, 0.6) is 6.01 Å². The Morgan fingerprint density at radius 2 is 1.78 bits per heavy atom. The molecule has 6 bridgehead atoms. The van der Waals surface area contributed by atoms with Crippen molar-refractivity contribution in [2.24, 2.45) is 5.92 Å². The molecule has 9 rings (SSSR count). The monoisotopic (exact) mass is 606 g/mol. The topological polar surface area (TPSA) is 107 Å². The molecule has 0 N–H and O–H groups in total. The van der Waals surface area contributed by atoms with Crippen molar-refractivity contribution in [1.29, 1.82) is 0 Å². The van der Waals surface area contributed by atoms with E-state index in [9.17, 15) is 9.59 Å². The van der Waals surface area contributed by atoms with Crippen molar-refractivity contribution in [3.8, 4) is 6.01 Å². The van der Waals surface area contributed by atoms with E-state index in [1.54, 1.807) is 6.92 Å². The Kier molecular flexibility index (Phi) is 6.95. The maximum absolute atomic E-state index is 13.2. The predicted octanol–water partition coefficient (Wildman–Crippen LogP) is 5.87. The number of aromatic nitrogens is 4. The SMILES string of the molecule is CC(=O)[C@@H]1C[C@H]2CN1c1nc(nc3c1oc1ccccc13)CCCCCC(=O)N1CC[C@@H]([C@@H](C)C1)n1c(nc3ccccc31)O2. The van der Waals surface area contributed by atoms with Gasteiger partial charge in [0, 0.05) is 43.8 Å². The summed E-state index contributed by atoms with van der Waals surface area (Å²) < 4.78 is 15.4. The molecule has 1 amide bonds. The molecule has 45 heavy (non-hydrogen) atoms. The predicted molar refractivity (Wildman–Crippen MR) is 171 cm³/mol. The summed E-state index contributed by atoms with van der Waals surface area (Å²) in [5.41, 5.74) is 4.00. The Hall–Kier alpha value is -4.47. The van der Waals surface area contributed by atoms with Gasteiger partial charge in [-0.3, -0.25) is 14.2 Å². The molecule has 2 saturated heterocycles. The van der Waals surface area contributed by atoms with Crippen molar-refractivity contribution in [1.82, 2.24) is 24.4 Å². The number of benzene rings is 2. The number of carbonyl (C=O) groups excluding carboxylic acids is 2. The van der Waals surface area contributed by atoms with E-state index in [4.69, 9.17) is 24.1 Å². The number of fused-ring (bicyclic) bond motifs is 11. The van der Waals surface area contributed by atoms with Crippen molar-refractivity contribution >= 4 is 50.6 Å². The van der Waals surface area contributed by atoms with Crippen LogP contribution in [0.4, 0.5) is 5.82 Å². The molecule has 0 unspecified atom stereocenters. The first kappa shape index (κ1) is 28.0. The van der Waals surface area contributed by atoms with Gasteiger partial charge in [-0.1, -0.05) is 37.6 Å². The highest BCUT2D eigenvalue weighted by molar-refractivity contribution is 6.06. The summed E-state index contributed by atoms with van der Waals surface area (Å²) in [5, 5.41) is 0.931. The Labute approximate surface area is 261 Å². The van der Waals surface area contributed by atoms with Gasteiger partial charge in [-0.05, 0) is 56.4 Å². The first-order valence-corrected chi connectivity index (χ1v) is 16.3. The normalized spacial score (nSPS) is 24.4. The third-order valence-electron chi connectivity index (χ3n) is 9.92. The molecule has 0 radical (unpaired) electrons. The number of ether oxygens (including phenoxy) is 1. The van der Waals surface area contributed by atoms with Crippen molar-refractivity contribution in [3.05, 3.63) is 54.4 Å². The molecule has 232 valence electrons. The second-order valence-electron chi connectivity index (χ2n) is 13.0. The lowest BCUT2D eigenvalue weighted by molar-refractivity contribution is -0.133. The number of rotatable bonds is 1. The van der Waals surface area contributed by atoms with E-state index in [1.165, 1.54) is 0 Å². The second-order valence-corrected chi connectivity index (χ2v) is 13.0. The number of carbonyl (C=O) groups is 2. The van der Waals surface area contributed by atoms with E-state index in [-0.39, 0.29) is 29.8 Å². The molecule has 4 atom stereocenters. The van der Waals surface area contributed by atoms with Crippen LogP contribution in [0, 0.1) is 5.92 Å². The maximum Gasteiger partial charge on any atom is 0.297 e. The summed E-state index contributed by atoms with van der Waals surface area (Å²) in [6.07, 6.45) is 4.93. The molecule has 5 aromatic rings. The third-order valence-corrected chi connectivity index (χ3v) is 9.92. The molecule has 0 aliphatic carbocycles. The molecule has 7 heterocycles. The van der Waals surface area contributed by atoms with Crippen molar-refractivity contribution < 1.29 is 18.7 Å². The number of nitrogens with zero attached hydrogens (tertiary/aromatic N) is 6. The smallest absolute Gasteiger partial charge is 0.297 e. The van der Waals surface area contributed by atoms with Gasteiger partial charge in [-0.15, -0.1) is 0 Å². The number of hydrogen-bond donors (Lipinski definition) is 0. The maximum atomic E-state index is 13.2. The zero-order valence-electron chi connectivity index (χ0n) is 25.8. The van der Waals surface area contributed by atoms with Crippen LogP contribution in [-0.2, 0) is 16.0 Å². The van der Waals surface area contributed by atoms with E-state index in [2.05, 4.69) is 22.5 Å². The third kappa shape index (κ3) is 4.91. The van der Waals surface area contributed by atoms with Gasteiger partial charge in [-0.25, -0.2) is 9.97 Å². The van der Waals surface area contributed by atoms with Crippen molar-refractivity contribution in [3.63, 3.8) is 0 Å². The molecule has 0 saturated carbocycles. The van der Waals surface area contributed by atoms with Gasteiger partial charge >= 0.3 is 0 Å². The van der Waals surface area contributed by atoms with Gasteiger partial charge in [-0.2, -0.15) is 4.98 Å². The quantitative estimate of drug-likeness (QED) is 0.233. The van der Waals surface area contributed by atoms with Gasteiger partial charge in [0.05, 0.1) is 23.6 Å². The van der Waals surface area contributed by atoms with Gasteiger partial charge in [0.2, 0.25) is 5.91 Å². The highest BCUT2D eigenvalue weighted by Crippen LogP contribution is 2.39. The lowest BCUT2D eigenvalue weighted by Gasteiger charge is -2.38. The number of furan rings is 1. The standard InChI is InChI=1S/C35H38N6O4/c1-21-19-39-17-16-26(21)41-27-12-8-7-11-25(27)36-35(41)44-23-18-28(22(2)42)40(20-23)34-33-32(24-10-6-9-13-29(24)45-33)37-30(38-34)14-4-3-5-15-31(39)43/h6-13,21,23,26,28H,3-5,14-20H2,1-2H3/t21-,23-,26-,28-/m0/s1. The Balaban J connectivity index is 1.24. The Morgan fingerprint density at radius 3 is 2.64 bits per heavy atom. The van der Waals surface area contributed by atoms with Gasteiger partial charge in [0.25, 0.3) is 6.01 Å². The number of anilines is 1. The lowest BCUT2D eigenvalue weighted by atomic mass is 9.93. The number of ketones is 1. The second kappa shape index (κ2) is 11.2. The van der Waals surface area contributed by atoms with Crippen LogP contribution in [0.2, 0.25) is 0 Å².